The van der Waals surface area contributed by atoms with Crippen LogP contribution in [0.25, 0.3) is 0 Å². The lowest BCUT2D eigenvalue weighted by molar-refractivity contribution is -0.146. The van der Waals surface area contributed by atoms with Crippen LogP contribution in [0.3, 0.4) is 0 Å². The van der Waals surface area contributed by atoms with E-state index >= 15 is 0 Å². The number of nitriles is 1. The molecule has 0 bridgehead atoms. The molecule has 0 spiro atoms. The van der Waals surface area contributed by atoms with Gasteiger partial charge < -0.3 is 20.8 Å². The van der Waals surface area contributed by atoms with Gasteiger partial charge in [0.2, 0.25) is 0 Å². The second-order valence-electron chi connectivity index (χ2n) is 3.83. The number of aliphatic hydroxyl groups excluding tert-OH is 1. The van der Waals surface area contributed by atoms with E-state index in [9.17, 15) is 9.59 Å². The van der Waals surface area contributed by atoms with Crippen molar-refractivity contribution in [2.75, 3.05) is 11.9 Å². The second-order valence-corrected chi connectivity index (χ2v) is 4.68. The van der Waals surface area contributed by atoms with E-state index in [-0.39, 0.29) is 13.0 Å². The summed E-state index contributed by atoms with van der Waals surface area (Å²) in [4.78, 5) is 21.9. The van der Waals surface area contributed by atoms with Gasteiger partial charge in [0, 0.05) is 17.4 Å². The highest BCUT2D eigenvalue weighted by molar-refractivity contribution is 9.10. The van der Waals surface area contributed by atoms with Gasteiger partial charge >= 0.3 is 12.0 Å². The van der Waals surface area contributed by atoms with Crippen LogP contribution in [-0.2, 0) is 4.79 Å². The van der Waals surface area contributed by atoms with Crippen molar-refractivity contribution >= 4 is 33.6 Å². The highest BCUT2D eigenvalue weighted by Gasteiger charge is 2.13. The summed E-state index contributed by atoms with van der Waals surface area (Å²) < 4.78 is 0.553. The number of carbonyl (C=O) groups is 2. The number of carboxylic acids is 1. The van der Waals surface area contributed by atoms with Gasteiger partial charge in [0.1, 0.15) is 0 Å². The van der Waals surface area contributed by atoms with Crippen LogP contribution in [-0.4, -0.2) is 34.9 Å². The number of benzene rings is 1. The Kier molecular flexibility index (Phi) is 5.96. The number of nitrogens with one attached hydrogen (secondary N) is 2. The number of carboxylic acid groups (broad SMARTS) is 1. The van der Waals surface area contributed by atoms with Gasteiger partial charge in [-0.15, -0.1) is 0 Å². The van der Waals surface area contributed by atoms with Crippen LogP contribution in [0.1, 0.15) is 12.0 Å². The summed E-state index contributed by atoms with van der Waals surface area (Å²) in [6.07, 6.45) is -1.59. The van der Waals surface area contributed by atoms with Gasteiger partial charge in [-0.3, -0.25) is 0 Å². The van der Waals surface area contributed by atoms with Crippen molar-refractivity contribution in [3.8, 4) is 6.07 Å². The zero-order valence-corrected chi connectivity index (χ0v) is 11.8. The lowest BCUT2D eigenvalue weighted by Gasteiger charge is -2.10. The summed E-state index contributed by atoms with van der Waals surface area (Å²) in [7, 11) is 0. The number of rotatable bonds is 5. The van der Waals surface area contributed by atoms with Crippen LogP contribution >= 0.6 is 15.9 Å². The number of anilines is 1. The van der Waals surface area contributed by atoms with E-state index in [4.69, 9.17) is 15.5 Å². The first kappa shape index (κ1) is 15.9. The number of aliphatic hydroxyl groups is 1. The molecule has 0 saturated carbocycles. The largest absolute Gasteiger partial charge is 0.479 e. The molecule has 0 aliphatic heterocycles. The summed E-state index contributed by atoms with van der Waals surface area (Å²) in [6, 6.07) is 6.10. The van der Waals surface area contributed by atoms with Gasteiger partial charge in [-0.1, -0.05) is 0 Å². The molecule has 0 radical (unpaired) electrons. The Morgan fingerprint density at radius 2 is 2.15 bits per heavy atom. The third kappa shape index (κ3) is 4.87. The van der Waals surface area contributed by atoms with Crippen molar-refractivity contribution in [3.05, 3.63) is 28.2 Å². The van der Waals surface area contributed by atoms with E-state index in [1.54, 1.807) is 18.2 Å². The Morgan fingerprint density at radius 3 is 2.70 bits per heavy atom. The Balaban J connectivity index is 2.47. The lowest BCUT2D eigenvalue weighted by atomic mass is 10.2. The Labute approximate surface area is 123 Å². The van der Waals surface area contributed by atoms with Crippen molar-refractivity contribution < 1.29 is 19.8 Å². The highest BCUT2D eigenvalue weighted by Crippen LogP contribution is 2.23. The van der Waals surface area contributed by atoms with E-state index in [2.05, 4.69) is 26.6 Å². The molecular weight excluding hydrogens is 330 g/mol. The standard InChI is InChI=1S/C12H12BrN3O4/c13-8-5-7(6-14)1-2-9(8)16-12(20)15-4-3-10(17)11(18)19/h1-2,5,10,17H,3-4H2,(H,18,19)(H2,15,16,20). The first-order chi connectivity index (χ1) is 9.43. The van der Waals surface area contributed by atoms with Crippen LogP contribution < -0.4 is 10.6 Å². The predicted octanol–water partition coefficient (Wildman–Crippen LogP) is 1.28. The minimum atomic E-state index is -1.50. The fourth-order valence-electron chi connectivity index (χ4n) is 1.30. The molecule has 106 valence electrons. The molecule has 0 aliphatic rings. The van der Waals surface area contributed by atoms with Gasteiger partial charge in [0.25, 0.3) is 0 Å². The van der Waals surface area contributed by atoms with Gasteiger partial charge in [0.05, 0.1) is 17.3 Å². The van der Waals surface area contributed by atoms with Crippen LogP contribution in [0.15, 0.2) is 22.7 Å². The van der Waals surface area contributed by atoms with E-state index in [0.717, 1.165) is 0 Å². The molecule has 1 unspecified atom stereocenters. The van der Waals surface area contributed by atoms with Gasteiger partial charge in [-0.05, 0) is 34.1 Å². The topological polar surface area (TPSA) is 122 Å². The predicted molar refractivity (Wildman–Crippen MR) is 74.1 cm³/mol. The third-order valence-electron chi connectivity index (χ3n) is 2.33. The average molecular weight is 342 g/mol. The molecule has 0 aromatic heterocycles. The normalized spacial score (nSPS) is 11.2. The number of nitrogens with zero attached hydrogens (tertiary/aromatic N) is 1. The molecular formula is C12H12BrN3O4. The SMILES string of the molecule is N#Cc1ccc(NC(=O)NCCC(O)C(=O)O)c(Br)c1. The fraction of sp³-hybridized carbons (Fsp3) is 0.250. The molecule has 4 N–H and O–H groups in total. The fourth-order valence-corrected chi connectivity index (χ4v) is 1.78. The highest BCUT2D eigenvalue weighted by atomic mass is 79.9. The number of halogens is 1. The number of hydrogen-bond acceptors (Lipinski definition) is 4. The molecule has 1 rings (SSSR count). The second kappa shape index (κ2) is 7.47. The number of aliphatic carboxylic acids is 1. The molecule has 1 aromatic carbocycles. The van der Waals surface area contributed by atoms with Crippen molar-refractivity contribution in [1.29, 1.82) is 5.26 Å². The Bertz CT molecular complexity index is 556. The van der Waals surface area contributed by atoms with Gasteiger partial charge in [-0.25, -0.2) is 9.59 Å². The van der Waals surface area contributed by atoms with Crippen molar-refractivity contribution in [3.63, 3.8) is 0 Å². The van der Waals surface area contributed by atoms with Crippen LogP contribution in [0.2, 0.25) is 0 Å². The van der Waals surface area contributed by atoms with Crippen molar-refractivity contribution in [2.45, 2.75) is 12.5 Å². The smallest absolute Gasteiger partial charge is 0.332 e. The maximum Gasteiger partial charge on any atom is 0.332 e. The summed E-state index contributed by atoms with van der Waals surface area (Å²) in [5.41, 5.74) is 0.924. The zero-order valence-electron chi connectivity index (χ0n) is 10.3. The van der Waals surface area contributed by atoms with E-state index in [1.807, 2.05) is 6.07 Å². The molecule has 1 atom stereocenters. The number of amides is 2. The number of hydrogen-bond donors (Lipinski definition) is 4. The molecule has 0 aliphatic carbocycles. The first-order valence-corrected chi connectivity index (χ1v) is 6.38. The number of urea groups is 1. The van der Waals surface area contributed by atoms with Crippen LogP contribution in [0, 0.1) is 11.3 Å². The van der Waals surface area contributed by atoms with Crippen LogP contribution in [0.5, 0.6) is 0 Å². The van der Waals surface area contributed by atoms with E-state index < -0.39 is 18.1 Å². The monoisotopic (exact) mass is 341 g/mol. The minimum absolute atomic E-state index is 0.0210. The van der Waals surface area contributed by atoms with Gasteiger partial charge in [-0.2, -0.15) is 5.26 Å². The van der Waals surface area contributed by atoms with E-state index in [0.29, 0.717) is 15.7 Å². The molecule has 1 aromatic rings. The minimum Gasteiger partial charge on any atom is -0.479 e. The summed E-state index contributed by atoms with van der Waals surface area (Å²) in [5, 5.41) is 31.1. The molecule has 0 heterocycles. The molecule has 7 nitrogen and oxygen atoms in total. The molecule has 20 heavy (non-hydrogen) atoms. The molecule has 8 heteroatoms. The quantitative estimate of drug-likeness (QED) is 0.642. The first-order valence-electron chi connectivity index (χ1n) is 5.59. The van der Waals surface area contributed by atoms with Crippen LogP contribution in [0.4, 0.5) is 10.5 Å². The summed E-state index contributed by atoms with van der Waals surface area (Å²) in [6.45, 7) is 0.0210. The van der Waals surface area contributed by atoms with E-state index in [1.165, 1.54) is 0 Å². The average Bonchev–Trinajstić information content (AvgIpc) is 2.40. The molecule has 0 saturated heterocycles. The molecule has 0 fully saturated rings. The van der Waals surface area contributed by atoms with Crippen molar-refractivity contribution in [2.24, 2.45) is 0 Å². The Hall–Kier alpha value is -2.11. The maximum absolute atomic E-state index is 11.5. The Morgan fingerprint density at radius 1 is 1.45 bits per heavy atom. The summed E-state index contributed by atoms with van der Waals surface area (Å²) in [5.74, 6) is -1.33. The van der Waals surface area contributed by atoms with Gasteiger partial charge in [0.15, 0.2) is 6.10 Å². The third-order valence-corrected chi connectivity index (χ3v) is 2.99. The zero-order chi connectivity index (χ0) is 15.1. The molecule has 2 amide bonds. The maximum atomic E-state index is 11.5. The lowest BCUT2D eigenvalue weighted by Crippen LogP contribution is -2.33. The summed E-state index contributed by atoms with van der Waals surface area (Å²) >= 11 is 3.22. The van der Waals surface area contributed by atoms with Crippen molar-refractivity contribution in [1.82, 2.24) is 5.32 Å². The number of carbonyl (C=O) groups excluding carboxylic acids is 1.